The Labute approximate surface area is 169 Å². The first-order valence-electron chi connectivity index (χ1n) is 8.51. The number of nitrogens with one attached hydrogen (secondary N) is 1. The van der Waals surface area contributed by atoms with Crippen LogP contribution >= 0.6 is 11.8 Å². The molecule has 2 aromatic carbocycles. The van der Waals surface area contributed by atoms with E-state index in [2.05, 4.69) is 5.32 Å². The zero-order chi connectivity index (χ0) is 20.6. The highest BCUT2D eigenvalue weighted by Crippen LogP contribution is 2.29. The number of carbonyl (C=O) groups excluding carboxylic acids is 1. The van der Waals surface area contributed by atoms with E-state index in [1.807, 2.05) is 0 Å². The summed E-state index contributed by atoms with van der Waals surface area (Å²) in [5.41, 5.74) is 0.912. The lowest BCUT2D eigenvalue weighted by Crippen LogP contribution is -2.41. The Morgan fingerprint density at radius 2 is 1.86 bits per heavy atom. The fraction of sp³-hybridized carbons (Fsp3) is 0.316. The number of carbonyl (C=O) groups is 1. The number of amides is 1. The van der Waals surface area contributed by atoms with E-state index in [0.717, 1.165) is 10.6 Å². The Kier molecular flexibility index (Phi) is 8.13. The first-order chi connectivity index (χ1) is 13.3. The lowest BCUT2D eigenvalue weighted by molar-refractivity contribution is -0.119. The highest BCUT2D eigenvalue weighted by Gasteiger charge is 2.23. The van der Waals surface area contributed by atoms with E-state index in [0.29, 0.717) is 35.1 Å². The quantitative estimate of drug-likeness (QED) is 0.591. The minimum Gasteiger partial charge on any atom is -0.495 e. The van der Waals surface area contributed by atoms with Crippen LogP contribution in [0.25, 0.3) is 0 Å². The molecule has 0 unspecified atom stereocenters. The molecule has 0 spiro atoms. The van der Waals surface area contributed by atoms with Crippen LogP contribution in [0.5, 0.6) is 5.75 Å². The minimum atomic E-state index is -3.68. The highest BCUT2D eigenvalue weighted by atomic mass is 32.2. The number of thioether (sulfide) groups is 1. The average Bonchev–Trinajstić information content (AvgIpc) is 2.66. The van der Waals surface area contributed by atoms with Gasteiger partial charge in [-0.3, -0.25) is 9.10 Å². The molecule has 0 saturated carbocycles. The molecular formula is C19H23FN2O4S2. The molecule has 0 aliphatic carbocycles. The van der Waals surface area contributed by atoms with Gasteiger partial charge >= 0.3 is 0 Å². The number of hydrogen-bond donors (Lipinski definition) is 1. The van der Waals surface area contributed by atoms with E-state index in [9.17, 15) is 17.6 Å². The monoisotopic (exact) mass is 426 g/mol. The van der Waals surface area contributed by atoms with Gasteiger partial charge < -0.3 is 10.1 Å². The van der Waals surface area contributed by atoms with Crippen molar-refractivity contribution < 1.29 is 22.3 Å². The molecule has 0 aromatic heterocycles. The van der Waals surface area contributed by atoms with Gasteiger partial charge in [0.25, 0.3) is 0 Å². The van der Waals surface area contributed by atoms with Crippen molar-refractivity contribution in [3.05, 3.63) is 59.9 Å². The summed E-state index contributed by atoms with van der Waals surface area (Å²) in [6.45, 7) is -0.00132. The Morgan fingerprint density at radius 3 is 2.54 bits per heavy atom. The fourth-order valence-corrected chi connectivity index (χ4v) is 4.17. The van der Waals surface area contributed by atoms with Crippen LogP contribution in [-0.4, -0.2) is 46.5 Å². The minimum absolute atomic E-state index is 0.250. The van der Waals surface area contributed by atoms with E-state index in [-0.39, 0.29) is 12.4 Å². The number of anilines is 1. The summed E-state index contributed by atoms with van der Waals surface area (Å²) in [4.78, 5) is 12.2. The van der Waals surface area contributed by atoms with Gasteiger partial charge in [0.2, 0.25) is 15.9 Å². The Morgan fingerprint density at radius 1 is 1.18 bits per heavy atom. The van der Waals surface area contributed by atoms with E-state index < -0.39 is 15.9 Å². The molecular weight excluding hydrogens is 403 g/mol. The Bertz CT molecular complexity index is 906. The van der Waals surface area contributed by atoms with Gasteiger partial charge in [0.15, 0.2) is 0 Å². The molecule has 9 heteroatoms. The third-order valence-corrected chi connectivity index (χ3v) is 5.96. The third kappa shape index (κ3) is 6.42. The van der Waals surface area contributed by atoms with E-state index in [1.54, 1.807) is 42.5 Å². The van der Waals surface area contributed by atoms with Crippen LogP contribution in [0.3, 0.4) is 0 Å². The molecule has 2 rings (SSSR count). The summed E-state index contributed by atoms with van der Waals surface area (Å²) >= 11 is 1.48. The molecule has 1 N–H and O–H groups in total. The van der Waals surface area contributed by atoms with Crippen molar-refractivity contribution in [3.63, 3.8) is 0 Å². The fourth-order valence-electron chi connectivity index (χ4n) is 2.46. The van der Waals surface area contributed by atoms with Gasteiger partial charge in [-0.15, -0.1) is 0 Å². The lowest BCUT2D eigenvalue weighted by atomic mass is 10.2. The summed E-state index contributed by atoms with van der Waals surface area (Å²) in [6, 6.07) is 13.1. The number of halogens is 1. The zero-order valence-electron chi connectivity index (χ0n) is 15.7. The lowest BCUT2D eigenvalue weighted by Gasteiger charge is -2.23. The molecule has 0 bridgehead atoms. The van der Waals surface area contributed by atoms with Gasteiger partial charge in [0, 0.05) is 18.1 Å². The summed E-state index contributed by atoms with van der Waals surface area (Å²) in [6.07, 6.45) is 1.04. The molecule has 28 heavy (non-hydrogen) atoms. The largest absolute Gasteiger partial charge is 0.495 e. The van der Waals surface area contributed by atoms with Crippen LogP contribution in [-0.2, 0) is 20.6 Å². The van der Waals surface area contributed by atoms with Crippen molar-refractivity contribution in [2.45, 2.75) is 5.75 Å². The molecule has 0 aliphatic rings. The van der Waals surface area contributed by atoms with Gasteiger partial charge in [0.05, 0.1) is 19.1 Å². The van der Waals surface area contributed by atoms with Gasteiger partial charge in [0.1, 0.15) is 18.1 Å². The predicted octanol–water partition coefficient (Wildman–Crippen LogP) is 2.65. The summed E-state index contributed by atoms with van der Waals surface area (Å²) in [5.74, 6) is 0.760. The normalized spacial score (nSPS) is 11.1. The van der Waals surface area contributed by atoms with Gasteiger partial charge in [-0.25, -0.2) is 12.8 Å². The maximum Gasteiger partial charge on any atom is 0.240 e. The van der Waals surface area contributed by atoms with Crippen molar-refractivity contribution in [1.82, 2.24) is 5.32 Å². The number of hydrogen-bond acceptors (Lipinski definition) is 5. The maximum atomic E-state index is 13.5. The van der Waals surface area contributed by atoms with E-state index >= 15 is 0 Å². The van der Waals surface area contributed by atoms with Crippen molar-refractivity contribution in [2.24, 2.45) is 0 Å². The smallest absolute Gasteiger partial charge is 0.240 e. The van der Waals surface area contributed by atoms with Crippen LogP contribution in [0.15, 0.2) is 48.5 Å². The number of benzene rings is 2. The van der Waals surface area contributed by atoms with Crippen molar-refractivity contribution in [3.8, 4) is 5.75 Å². The van der Waals surface area contributed by atoms with Crippen LogP contribution in [0.4, 0.5) is 10.1 Å². The molecule has 0 atom stereocenters. The molecule has 0 heterocycles. The molecule has 0 aliphatic heterocycles. The van der Waals surface area contributed by atoms with E-state index in [4.69, 9.17) is 4.74 Å². The molecule has 2 aromatic rings. The first-order valence-corrected chi connectivity index (χ1v) is 11.5. The maximum absolute atomic E-state index is 13.5. The van der Waals surface area contributed by atoms with Crippen LogP contribution in [0.2, 0.25) is 0 Å². The zero-order valence-corrected chi connectivity index (χ0v) is 17.4. The third-order valence-electron chi connectivity index (χ3n) is 3.83. The molecule has 0 radical (unpaired) electrons. The number of nitrogens with zero attached hydrogens (tertiary/aromatic N) is 1. The second-order valence-electron chi connectivity index (χ2n) is 5.94. The number of sulfonamides is 1. The summed E-state index contributed by atoms with van der Waals surface area (Å²) < 4.78 is 44.1. The Hall–Kier alpha value is -2.26. The standard InChI is InChI=1S/C19H23FN2O4S2/c1-26-18-10-6-5-9-17(18)22(28(2,24)25)13-19(23)21-11-12-27-14-15-7-3-4-8-16(15)20/h3-10H,11-14H2,1-2H3,(H,21,23). The van der Waals surface area contributed by atoms with Gasteiger partial charge in [-0.05, 0) is 23.8 Å². The van der Waals surface area contributed by atoms with Crippen LogP contribution in [0.1, 0.15) is 5.56 Å². The topological polar surface area (TPSA) is 75.7 Å². The van der Waals surface area contributed by atoms with Gasteiger partial charge in [-0.2, -0.15) is 11.8 Å². The summed E-state index contributed by atoms with van der Waals surface area (Å²) in [7, 11) is -2.24. The Balaban J connectivity index is 1.88. The molecule has 0 saturated heterocycles. The predicted molar refractivity (Wildman–Crippen MR) is 111 cm³/mol. The van der Waals surface area contributed by atoms with Gasteiger partial charge in [-0.1, -0.05) is 30.3 Å². The van der Waals surface area contributed by atoms with Crippen LogP contribution < -0.4 is 14.4 Å². The first kappa shape index (κ1) is 22.0. The number of methoxy groups -OCH3 is 1. The van der Waals surface area contributed by atoms with Crippen LogP contribution in [0, 0.1) is 5.82 Å². The van der Waals surface area contributed by atoms with Crippen molar-refractivity contribution in [1.29, 1.82) is 0 Å². The number of ether oxygens (including phenoxy) is 1. The second kappa shape index (κ2) is 10.3. The number of para-hydroxylation sites is 2. The molecule has 6 nitrogen and oxygen atoms in total. The van der Waals surface area contributed by atoms with E-state index in [1.165, 1.54) is 24.9 Å². The summed E-state index contributed by atoms with van der Waals surface area (Å²) in [5, 5.41) is 2.69. The molecule has 1 amide bonds. The second-order valence-corrected chi connectivity index (χ2v) is 8.95. The SMILES string of the molecule is COc1ccccc1N(CC(=O)NCCSCc1ccccc1F)S(C)(=O)=O. The number of rotatable bonds is 10. The molecule has 0 fully saturated rings. The van der Waals surface area contributed by atoms with Crippen molar-refractivity contribution >= 4 is 33.4 Å². The highest BCUT2D eigenvalue weighted by molar-refractivity contribution is 7.98. The molecule has 152 valence electrons. The average molecular weight is 427 g/mol. The van der Waals surface area contributed by atoms with Crippen molar-refractivity contribution in [2.75, 3.05) is 36.5 Å².